The average Bonchev–Trinajstić information content (AvgIpc) is 2.93. The Kier molecular flexibility index (Phi) is 4.37. The number of nitrogens with zero attached hydrogens (tertiary/aromatic N) is 3. The van der Waals surface area contributed by atoms with Gasteiger partial charge in [-0.05, 0) is 35.7 Å². The number of hydrogen-bond acceptors (Lipinski definition) is 5. The van der Waals surface area contributed by atoms with Crippen LogP contribution in [0.3, 0.4) is 0 Å². The molecule has 0 aromatic carbocycles. The number of nitrogens with one attached hydrogen (secondary N) is 1. The van der Waals surface area contributed by atoms with Crippen LogP contribution in [0.15, 0.2) is 4.60 Å². The number of aromatic nitrogens is 3. The maximum atomic E-state index is 6.05. The Morgan fingerprint density at radius 2 is 2.22 bits per heavy atom. The van der Waals surface area contributed by atoms with Crippen LogP contribution in [-0.2, 0) is 11.8 Å². The number of nitrogens with two attached hydrogens (primary N) is 1. The normalized spacial score (nSPS) is 20.2. The van der Waals surface area contributed by atoms with Crippen molar-refractivity contribution in [3.63, 3.8) is 0 Å². The summed E-state index contributed by atoms with van der Waals surface area (Å²) in [6.07, 6.45) is 4.35. The Balaban J connectivity index is 2.37. The maximum Gasteiger partial charge on any atom is 0.153 e. The molecule has 1 unspecified atom stereocenters. The third kappa shape index (κ3) is 2.32. The SMILES string of the molecule is CCOC1(C(NN)c2c(Br)nnn2C)CCCC1. The molecule has 7 heteroatoms. The molecule has 0 bridgehead atoms. The largest absolute Gasteiger partial charge is 0.373 e. The molecule has 1 heterocycles. The molecule has 0 radical (unpaired) electrons. The van der Waals surface area contributed by atoms with Gasteiger partial charge in [0.05, 0.1) is 17.3 Å². The lowest BCUT2D eigenvalue weighted by molar-refractivity contribution is -0.0646. The minimum Gasteiger partial charge on any atom is -0.373 e. The second-order valence-electron chi connectivity index (χ2n) is 4.69. The van der Waals surface area contributed by atoms with E-state index in [0.29, 0.717) is 6.61 Å². The number of aryl methyl sites for hydroxylation is 1. The number of rotatable bonds is 5. The highest BCUT2D eigenvalue weighted by Gasteiger charge is 2.45. The molecule has 18 heavy (non-hydrogen) atoms. The number of hydrazine groups is 1. The van der Waals surface area contributed by atoms with Gasteiger partial charge < -0.3 is 4.74 Å². The van der Waals surface area contributed by atoms with Gasteiger partial charge in [0.1, 0.15) is 0 Å². The summed E-state index contributed by atoms with van der Waals surface area (Å²) < 4.78 is 8.51. The first-order valence-corrected chi connectivity index (χ1v) is 7.09. The average molecular weight is 318 g/mol. The number of halogens is 1. The van der Waals surface area contributed by atoms with Gasteiger partial charge in [-0.15, -0.1) is 5.10 Å². The Bertz CT molecular complexity index is 383. The molecule has 1 aliphatic carbocycles. The summed E-state index contributed by atoms with van der Waals surface area (Å²) in [4.78, 5) is 0. The van der Waals surface area contributed by atoms with Crippen molar-refractivity contribution in [2.45, 2.75) is 44.2 Å². The van der Waals surface area contributed by atoms with E-state index in [9.17, 15) is 0 Å². The molecule has 1 saturated carbocycles. The van der Waals surface area contributed by atoms with Gasteiger partial charge in [0.15, 0.2) is 4.60 Å². The number of hydrogen-bond donors (Lipinski definition) is 2. The molecular formula is C11H20BrN5O. The lowest BCUT2D eigenvalue weighted by Crippen LogP contribution is -2.47. The molecule has 0 amide bonds. The van der Waals surface area contributed by atoms with Gasteiger partial charge >= 0.3 is 0 Å². The molecule has 1 aromatic rings. The van der Waals surface area contributed by atoms with E-state index in [1.165, 1.54) is 12.8 Å². The molecule has 0 aliphatic heterocycles. The van der Waals surface area contributed by atoms with Crippen LogP contribution < -0.4 is 11.3 Å². The smallest absolute Gasteiger partial charge is 0.153 e. The van der Waals surface area contributed by atoms with E-state index in [2.05, 4.69) is 31.7 Å². The van der Waals surface area contributed by atoms with Crippen LogP contribution in [0.25, 0.3) is 0 Å². The second-order valence-corrected chi connectivity index (χ2v) is 5.44. The molecule has 1 atom stereocenters. The quantitative estimate of drug-likeness (QED) is 0.634. The number of ether oxygens (including phenoxy) is 1. The predicted molar refractivity (Wildman–Crippen MR) is 71.6 cm³/mol. The summed E-state index contributed by atoms with van der Waals surface area (Å²) in [6, 6.07) is -0.102. The lowest BCUT2D eigenvalue weighted by atomic mass is 9.90. The highest BCUT2D eigenvalue weighted by atomic mass is 79.9. The summed E-state index contributed by atoms with van der Waals surface area (Å²) in [5.74, 6) is 5.78. The van der Waals surface area contributed by atoms with Crippen LogP contribution in [0.5, 0.6) is 0 Å². The van der Waals surface area contributed by atoms with Crippen LogP contribution in [-0.4, -0.2) is 27.2 Å². The van der Waals surface area contributed by atoms with Crippen LogP contribution >= 0.6 is 15.9 Å². The molecule has 6 nitrogen and oxygen atoms in total. The van der Waals surface area contributed by atoms with E-state index in [1.54, 1.807) is 4.68 Å². The monoisotopic (exact) mass is 317 g/mol. The van der Waals surface area contributed by atoms with Crippen molar-refractivity contribution >= 4 is 15.9 Å². The zero-order valence-corrected chi connectivity index (χ0v) is 12.4. The maximum absolute atomic E-state index is 6.05. The summed E-state index contributed by atoms with van der Waals surface area (Å²) in [6.45, 7) is 2.70. The highest BCUT2D eigenvalue weighted by molar-refractivity contribution is 9.10. The Hall–Kier alpha value is -0.500. The van der Waals surface area contributed by atoms with Crippen molar-refractivity contribution in [1.82, 2.24) is 20.4 Å². The molecule has 3 N–H and O–H groups in total. The first-order chi connectivity index (χ1) is 8.64. The van der Waals surface area contributed by atoms with E-state index in [1.807, 2.05) is 14.0 Å². The fourth-order valence-electron chi connectivity index (χ4n) is 2.90. The Morgan fingerprint density at radius 1 is 1.56 bits per heavy atom. The first-order valence-electron chi connectivity index (χ1n) is 6.30. The standard InChI is InChI=1S/C11H20BrN5O/c1-3-18-11(6-4-5-7-11)9(14-13)8-10(12)15-16-17(8)2/h9,14H,3-7,13H2,1-2H3. The van der Waals surface area contributed by atoms with Crippen molar-refractivity contribution in [2.75, 3.05) is 6.61 Å². The van der Waals surface area contributed by atoms with Crippen molar-refractivity contribution in [3.05, 3.63) is 10.3 Å². The van der Waals surface area contributed by atoms with Gasteiger partial charge in [-0.1, -0.05) is 18.1 Å². The van der Waals surface area contributed by atoms with Crippen LogP contribution in [0, 0.1) is 0 Å². The fourth-order valence-corrected chi connectivity index (χ4v) is 3.46. The third-order valence-corrected chi connectivity index (χ3v) is 4.24. The summed E-state index contributed by atoms with van der Waals surface area (Å²) in [7, 11) is 1.87. The molecule has 1 aromatic heterocycles. The Morgan fingerprint density at radius 3 is 2.67 bits per heavy atom. The van der Waals surface area contributed by atoms with Crippen molar-refractivity contribution in [3.8, 4) is 0 Å². The fraction of sp³-hybridized carbons (Fsp3) is 0.818. The zero-order valence-electron chi connectivity index (χ0n) is 10.8. The van der Waals surface area contributed by atoms with Crippen LogP contribution in [0.4, 0.5) is 0 Å². The first kappa shape index (κ1) is 13.9. The van der Waals surface area contributed by atoms with Crippen molar-refractivity contribution in [2.24, 2.45) is 12.9 Å². The van der Waals surface area contributed by atoms with E-state index in [4.69, 9.17) is 10.6 Å². The van der Waals surface area contributed by atoms with Crippen molar-refractivity contribution in [1.29, 1.82) is 0 Å². The van der Waals surface area contributed by atoms with Gasteiger partial charge in [0.2, 0.25) is 0 Å². The van der Waals surface area contributed by atoms with Crippen LogP contribution in [0.1, 0.15) is 44.3 Å². The molecular weight excluding hydrogens is 298 g/mol. The van der Waals surface area contributed by atoms with Gasteiger partial charge in [0.25, 0.3) is 0 Å². The van der Waals surface area contributed by atoms with E-state index < -0.39 is 0 Å². The van der Waals surface area contributed by atoms with Gasteiger partial charge in [-0.3, -0.25) is 5.84 Å². The lowest BCUT2D eigenvalue weighted by Gasteiger charge is -2.36. The second kappa shape index (κ2) is 5.64. The van der Waals surface area contributed by atoms with E-state index >= 15 is 0 Å². The molecule has 102 valence electrons. The minimum absolute atomic E-state index is 0.102. The van der Waals surface area contributed by atoms with Gasteiger partial charge in [-0.2, -0.15) is 0 Å². The van der Waals surface area contributed by atoms with Gasteiger partial charge in [0, 0.05) is 13.7 Å². The van der Waals surface area contributed by atoms with E-state index in [0.717, 1.165) is 23.1 Å². The van der Waals surface area contributed by atoms with Crippen LogP contribution in [0.2, 0.25) is 0 Å². The predicted octanol–water partition coefficient (Wildman–Crippen LogP) is 1.43. The minimum atomic E-state index is -0.249. The summed E-state index contributed by atoms with van der Waals surface area (Å²) in [5.41, 5.74) is 3.59. The Labute approximate surface area is 115 Å². The molecule has 0 saturated heterocycles. The molecule has 1 fully saturated rings. The topological polar surface area (TPSA) is 78.0 Å². The van der Waals surface area contributed by atoms with Crippen molar-refractivity contribution < 1.29 is 4.74 Å². The summed E-state index contributed by atoms with van der Waals surface area (Å²) in [5, 5.41) is 8.04. The molecule has 1 aliphatic rings. The van der Waals surface area contributed by atoms with E-state index in [-0.39, 0.29) is 11.6 Å². The highest BCUT2D eigenvalue weighted by Crippen LogP contribution is 2.43. The third-order valence-electron chi connectivity index (χ3n) is 3.67. The molecule has 2 rings (SSSR count). The summed E-state index contributed by atoms with van der Waals surface area (Å²) >= 11 is 3.44. The van der Waals surface area contributed by atoms with Gasteiger partial charge in [-0.25, -0.2) is 10.1 Å². The molecule has 0 spiro atoms. The zero-order chi connectivity index (χ0) is 13.2.